The fourth-order valence-corrected chi connectivity index (χ4v) is 2.70. The molecule has 1 aromatic carbocycles. The summed E-state index contributed by atoms with van der Waals surface area (Å²) < 4.78 is 5.85. The second-order valence-electron chi connectivity index (χ2n) is 5.34. The van der Waals surface area contributed by atoms with Crippen molar-refractivity contribution in [3.05, 3.63) is 65.2 Å². The number of nitriles is 1. The van der Waals surface area contributed by atoms with Crippen LogP contribution >= 0.6 is 0 Å². The Labute approximate surface area is 143 Å². The van der Waals surface area contributed by atoms with Gasteiger partial charge in [0.2, 0.25) is 0 Å². The average molecular weight is 324 g/mol. The number of hydrazine groups is 1. The van der Waals surface area contributed by atoms with Crippen LogP contribution in [-0.2, 0) is 0 Å². The van der Waals surface area contributed by atoms with Crippen molar-refractivity contribution in [3.8, 4) is 11.8 Å². The molecule has 0 aromatic heterocycles. The lowest BCUT2D eigenvalue weighted by Gasteiger charge is -2.21. The van der Waals surface area contributed by atoms with E-state index < -0.39 is 0 Å². The molecule has 2 aliphatic rings. The number of hydrogen-bond donors (Lipinski definition) is 2. The number of nitrogens with two attached hydrogens (primary N) is 1. The van der Waals surface area contributed by atoms with Gasteiger partial charge in [-0.25, -0.2) is 5.01 Å². The molecule has 0 saturated heterocycles. The molecule has 1 aliphatic heterocycles. The first-order chi connectivity index (χ1) is 11.7. The van der Waals surface area contributed by atoms with Gasteiger partial charge in [0.1, 0.15) is 23.4 Å². The first-order valence-corrected chi connectivity index (χ1v) is 8.22. The van der Waals surface area contributed by atoms with E-state index in [2.05, 4.69) is 17.6 Å². The van der Waals surface area contributed by atoms with Crippen molar-refractivity contribution in [1.82, 2.24) is 10.4 Å². The molecule has 0 saturated carbocycles. The van der Waals surface area contributed by atoms with Gasteiger partial charge in [-0.05, 0) is 30.2 Å². The standard InChI is InChI=1S/C17H18N4O.C2H6/c1-21-16(15(11-18)17(19)20-21)12-7-9-14(10-8-12)22-13-5-3-2-4-6-13;1-2/h2-3,5,7-10,16,20H,4,6,19H2,1H3;1-2H3. The summed E-state index contributed by atoms with van der Waals surface area (Å²) in [6.45, 7) is 4.00. The molecule has 5 heteroatoms. The zero-order valence-corrected chi connectivity index (χ0v) is 14.4. The quantitative estimate of drug-likeness (QED) is 0.890. The van der Waals surface area contributed by atoms with Crippen molar-refractivity contribution in [2.24, 2.45) is 5.73 Å². The zero-order chi connectivity index (χ0) is 17.5. The Hall–Kier alpha value is -2.71. The van der Waals surface area contributed by atoms with Gasteiger partial charge in [-0.1, -0.05) is 38.1 Å². The molecule has 126 valence electrons. The van der Waals surface area contributed by atoms with Crippen LogP contribution in [0, 0.1) is 11.3 Å². The second kappa shape index (κ2) is 8.23. The number of nitrogens with one attached hydrogen (secondary N) is 1. The van der Waals surface area contributed by atoms with Crippen molar-refractivity contribution in [1.29, 1.82) is 5.26 Å². The van der Waals surface area contributed by atoms with Gasteiger partial charge in [-0.3, -0.25) is 0 Å². The summed E-state index contributed by atoms with van der Waals surface area (Å²) >= 11 is 0. The second-order valence-corrected chi connectivity index (χ2v) is 5.34. The molecular formula is C19H24N4O. The summed E-state index contributed by atoms with van der Waals surface area (Å²) in [6.07, 6.45) is 8.06. The van der Waals surface area contributed by atoms with Crippen molar-refractivity contribution < 1.29 is 4.74 Å². The maximum Gasteiger partial charge on any atom is 0.127 e. The van der Waals surface area contributed by atoms with Crippen LogP contribution in [-0.4, -0.2) is 12.1 Å². The third-order valence-corrected chi connectivity index (χ3v) is 3.79. The fourth-order valence-electron chi connectivity index (χ4n) is 2.70. The molecule has 1 aliphatic carbocycles. The number of nitrogens with zero attached hydrogens (tertiary/aromatic N) is 2. The molecule has 0 bridgehead atoms. The number of hydrogen-bond acceptors (Lipinski definition) is 5. The van der Waals surface area contributed by atoms with E-state index in [1.165, 1.54) is 0 Å². The van der Waals surface area contributed by atoms with Gasteiger partial charge in [0.15, 0.2) is 0 Å². The van der Waals surface area contributed by atoms with E-state index in [-0.39, 0.29) is 6.04 Å². The lowest BCUT2D eigenvalue weighted by atomic mass is 10.0. The topological polar surface area (TPSA) is 74.3 Å². The maximum absolute atomic E-state index is 9.26. The van der Waals surface area contributed by atoms with Gasteiger partial charge in [0, 0.05) is 13.5 Å². The minimum absolute atomic E-state index is 0.170. The first-order valence-electron chi connectivity index (χ1n) is 8.22. The van der Waals surface area contributed by atoms with Gasteiger partial charge in [0.05, 0.1) is 11.6 Å². The van der Waals surface area contributed by atoms with Gasteiger partial charge in [-0.2, -0.15) is 5.26 Å². The van der Waals surface area contributed by atoms with Crippen LogP contribution in [0.4, 0.5) is 0 Å². The summed E-state index contributed by atoms with van der Waals surface area (Å²) in [5, 5.41) is 11.1. The van der Waals surface area contributed by atoms with E-state index >= 15 is 0 Å². The molecule has 0 radical (unpaired) electrons. The SMILES string of the molecule is CC.CN1NC(N)=C(C#N)C1c1ccc(OC2=CC=CCC2)cc1. The number of ether oxygens (including phenoxy) is 1. The Bertz CT molecular complexity index is 695. The molecule has 1 atom stereocenters. The Morgan fingerprint density at radius 1 is 1.29 bits per heavy atom. The van der Waals surface area contributed by atoms with Crippen molar-refractivity contribution in [2.45, 2.75) is 32.7 Å². The highest BCUT2D eigenvalue weighted by Gasteiger charge is 2.30. The van der Waals surface area contributed by atoms with Crippen molar-refractivity contribution in [3.63, 3.8) is 0 Å². The molecule has 0 spiro atoms. The predicted molar refractivity (Wildman–Crippen MR) is 95.3 cm³/mol. The van der Waals surface area contributed by atoms with E-state index in [4.69, 9.17) is 10.5 Å². The van der Waals surface area contributed by atoms with Crippen LogP contribution in [0.3, 0.4) is 0 Å². The van der Waals surface area contributed by atoms with Crippen molar-refractivity contribution >= 4 is 0 Å². The summed E-state index contributed by atoms with van der Waals surface area (Å²) in [6, 6.07) is 9.78. The first kappa shape index (κ1) is 17.6. The monoisotopic (exact) mass is 324 g/mol. The highest BCUT2D eigenvalue weighted by atomic mass is 16.5. The Morgan fingerprint density at radius 3 is 2.58 bits per heavy atom. The Kier molecular flexibility index (Phi) is 6.05. The van der Waals surface area contributed by atoms with E-state index in [0.29, 0.717) is 11.4 Å². The Morgan fingerprint density at radius 2 is 2.00 bits per heavy atom. The lowest BCUT2D eigenvalue weighted by molar-refractivity contribution is 0.246. The van der Waals surface area contributed by atoms with Gasteiger partial charge in [0.25, 0.3) is 0 Å². The van der Waals surface area contributed by atoms with E-state index in [1.807, 2.05) is 62.3 Å². The third-order valence-electron chi connectivity index (χ3n) is 3.79. The molecule has 0 amide bonds. The zero-order valence-electron chi connectivity index (χ0n) is 14.4. The summed E-state index contributed by atoms with van der Waals surface area (Å²) in [7, 11) is 1.87. The maximum atomic E-state index is 9.26. The summed E-state index contributed by atoms with van der Waals surface area (Å²) in [4.78, 5) is 0. The lowest BCUT2D eigenvalue weighted by Crippen LogP contribution is -2.32. The third kappa shape index (κ3) is 3.79. The van der Waals surface area contributed by atoms with Crippen LogP contribution in [0.5, 0.6) is 5.75 Å². The van der Waals surface area contributed by atoms with Crippen LogP contribution < -0.4 is 15.9 Å². The van der Waals surface area contributed by atoms with Gasteiger partial charge < -0.3 is 15.9 Å². The average Bonchev–Trinajstić information content (AvgIpc) is 2.91. The molecule has 1 aromatic rings. The molecule has 5 nitrogen and oxygen atoms in total. The van der Waals surface area contributed by atoms with Crippen molar-refractivity contribution in [2.75, 3.05) is 7.05 Å². The van der Waals surface area contributed by atoms with Crippen LogP contribution in [0.2, 0.25) is 0 Å². The summed E-state index contributed by atoms with van der Waals surface area (Å²) in [5.74, 6) is 2.18. The number of benzene rings is 1. The molecular weight excluding hydrogens is 300 g/mol. The molecule has 1 heterocycles. The molecule has 3 rings (SSSR count). The van der Waals surface area contributed by atoms with Gasteiger partial charge in [-0.15, -0.1) is 0 Å². The highest BCUT2D eigenvalue weighted by Crippen LogP contribution is 2.32. The normalized spacial score (nSPS) is 19.8. The van der Waals surface area contributed by atoms with E-state index in [0.717, 1.165) is 29.9 Å². The number of allylic oxidation sites excluding steroid dienone is 4. The largest absolute Gasteiger partial charge is 0.462 e. The predicted octanol–water partition coefficient (Wildman–Crippen LogP) is 3.51. The molecule has 3 N–H and O–H groups in total. The molecule has 24 heavy (non-hydrogen) atoms. The highest BCUT2D eigenvalue weighted by molar-refractivity contribution is 5.42. The van der Waals surface area contributed by atoms with E-state index in [9.17, 15) is 5.26 Å². The molecule has 1 unspecified atom stereocenters. The number of rotatable bonds is 3. The summed E-state index contributed by atoms with van der Waals surface area (Å²) in [5.41, 5.74) is 10.3. The number of likely N-dealkylation sites (N-methyl/N-ethyl adjacent to an activating group) is 1. The van der Waals surface area contributed by atoms with Crippen LogP contribution in [0.25, 0.3) is 0 Å². The fraction of sp³-hybridized carbons (Fsp3) is 0.316. The minimum atomic E-state index is -0.170. The minimum Gasteiger partial charge on any atom is -0.462 e. The smallest absolute Gasteiger partial charge is 0.127 e. The van der Waals surface area contributed by atoms with Crippen LogP contribution in [0.1, 0.15) is 38.3 Å². The Balaban J connectivity index is 0.00000100. The van der Waals surface area contributed by atoms with E-state index in [1.54, 1.807) is 0 Å². The van der Waals surface area contributed by atoms with Crippen LogP contribution in [0.15, 0.2) is 59.6 Å². The molecule has 0 fully saturated rings. The van der Waals surface area contributed by atoms with Gasteiger partial charge >= 0.3 is 0 Å².